The van der Waals surface area contributed by atoms with E-state index in [1.807, 2.05) is 41.8 Å². The Morgan fingerprint density at radius 1 is 1.06 bits per heavy atom. The maximum absolute atomic E-state index is 12.8. The quantitative estimate of drug-likeness (QED) is 0.436. The maximum Gasteiger partial charge on any atom is 0.335 e. The molecule has 178 valence electrons. The molecule has 0 spiro atoms. The van der Waals surface area contributed by atoms with Gasteiger partial charge in [-0.3, -0.25) is 9.56 Å². The molecule has 2 N–H and O–H groups in total. The van der Waals surface area contributed by atoms with Gasteiger partial charge in [-0.05, 0) is 37.3 Å². The van der Waals surface area contributed by atoms with Gasteiger partial charge in [-0.1, -0.05) is 23.7 Å². The number of rotatable bonds is 5. The van der Waals surface area contributed by atoms with Crippen LogP contribution in [0.2, 0.25) is 5.02 Å². The van der Waals surface area contributed by atoms with Crippen molar-refractivity contribution in [3.63, 3.8) is 0 Å². The Labute approximate surface area is 204 Å². The molecule has 0 aliphatic carbocycles. The van der Waals surface area contributed by atoms with Gasteiger partial charge in [-0.15, -0.1) is 14.9 Å². The Hall–Kier alpha value is -4.31. The van der Waals surface area contributed by atoms with E-state index < -0.39 is 23.8 Å². The molecule has 1 aliphatic rings. The van der Waals surface area contributed by atoms with Gasteiger partial charge in [0.1, 0.15) is 17.6 Å². The second kappa shape index (κ2) is 8.80. The van der Waals surface area contributed by atoms with Gasteiger partial charge in [-0.25, -0.2) is 4.79 Å². The van der Waals surface area contributed by atoms with E-state index in [1.165, 1.54) is 12.1 Å². The molecule has 2 aromatic heterocycles. The van der Waals surface area contributed by atoms with E-state index in [0.717, 1.165) is 16.8 Å². The molecule has 0 unspecified atom stereocenters. The molecule has 10 nitrogen and oxygen atoms in total. The van der Waals surface area contributed by atoms with Crippen molar-refractivity contribution in [3.8, 4) is 23.2 Å². The van der Waals surface area contributed by atoms with Gasteiger partial charge in [0.25, 0.3) is 0 Å². The van der Waals surface area contributed by atoms with Crippen LogP contribution in [0.4, 0.5) is 0 Å². The molecule has 0 amide bonds. The monoisotopic (exact) mass is 493 g/mol. The third-order valence-electron chi connectivity index (χ3n) is 5.60. The van der Waals surface area contributed by atoms with Crippen molar-refractivity contribution in [1.29, 1.82) is 0 Å². The van der Waals surface area contributed by atoms with Gasteiger partial charge < -0.3 is 19.8 Å². The summed E-state index contributed by atoms with van der Waals surface area (Å²) in [7, 11) is 1.58. The Kier molecular flexibility index (Phi) is 5.65. The van der Waals surface area contributed by atoms with Crippen molar-refractivity contribution in [2.45, 2.75) is 19.4 Å². The van der Waals surface area contributed by atoms with Crippen LogP contribution in [0.15, 0.2) is 59.6 Å². The summed E-state index contributed by atoms with van der Waals surface area (Å²) in [5.41, 5.74) is 2.91. The van der Waals surface area contributed by atoms with Gasteiger partial charge in [0.2, 0.25) is 11.8 Å². The second-order valence-electron chi connectivity index (χ2n) is 7.84. The maximum atomic E-state index is 12.8. The number of fused-ring (bicyclic) bond motifs is 3. The predicted octanol–water partition coefficient (Wildman–Crippen LogP) is 3.39. The lowest BCUT2D eigenvalue weighted by Crippen LogP contribution is -2.22. The first-order chi connectivity index (χ1) is 16.9. The summed E-state index contributed by atoms with van der Waals surface area (Å²) < 4.78 is 7.93. The molecular formula is C24H20ClN5O5. The number of ether oxygens (including phenoxy) is 1. The average molecular weight is 494 g/mol. The number of aromatic nitrogens is 4. The van der Waals surface area contributed by atoms with E-state index in [9.17, 15) is 15.0 Å². The number of benzene rings is 2. The topological polar surface area (TPSA) is 124 Å². The number of nitrogens with zero attached hydrogens (tertiary/aromatic N) is 5. The van der Waals surface area contributed by atoms with Crippen LogP contribution in [0.5, 0.6) is 17.5 Å². The molecule has 0 fully saturated rings. The van der Waals surface area contributed by atoms with Crippen molar-refractivity contribution < 1.29 is 24.6 Å². The number of halogens is 1. The zero-order valence-electron chi connectivity index (χ0n) is 18.7. The molecule has 11 heteroatoms. The van der Waals surface area contributed by atoms with Gasteiger partial charge in [0, 0.05) is 28.3 Å². The van der Waals surface area contributed by atoms with Crippen molar-refractivity contribution in [1.82, 2.24) is 19.5 Å². The van der Waals surface area contributed by atoms with Gasteiger partial charge in [-0.2, -0.15) is 0 Å². The highest BCUT2D eigenvalue weighted by atomic mass is 35.5. The molecule has 0 saturated heterocycles. The molecule has 1 atom stereocenters. The fourth-order valence-electron chi connectivity index (χ4n) is 3.97. The Morgan fingerprint density at radius 2 is 1.77 bits per heavy atom. The standard InChI is InChI=1S/C24H20ClN5O5/c1-13-27-28-24-18(12-22(33)35-30-20(31)9-10-21(30)32)26-23(14-3-5-15(25)6-4-14)17-11-16(34-2)7-8-19(17)29(13)24/h3-11,18,31-32H,12H2,1-2H3/t18-/m0/s1. The van der Waals surface area contributed by atoms with E-state index >= 15 is 0 Å². The molecule has 1 aliphatic heterocycles. The summed E-state index contributed by atoms with van der Waals surface area (Å²) in [5, 5.41) is 28.7. The minimum absolute atomic E-state index is 0.239. The summed E-state index contributed by atoms with van der Waals surface area (Å²) in [5.74, 6) is 0.107. The smallest absolute Gasteiger partial charge is 0.335 e. The van der Waals surface area contributed by atoms with E-state index in [1.54, 1.807) is 19.2 Å². The van der Waals surface area contributed by atoms with Crippen LogP contribution in [0, 0.1) is 6.92 Å². The number of methoxy groups -OCH3 is 1. The molecular weight excluding hydrogens is 474 g/mol. The fourth-order valence-corrected chi connectivity index (χ4v) is 4.10. The lowest BCUT2D eigenvalue weighted by molar-refractivity contribution is -0.145. The summed E-state index contributed by atoms with van der Waals surface area (Å²) >= 11 is 6.11. The summed E-state index contributed by atoms with van der Waals surface area (Å²) in [6.45, 7) is 1.81. The van der Waals surface area contributed by atoms with Gasteiger partial charge in [0.05, 0.1) is 24.9 Å². The number of hydrogen-bond acceptors (Lipinski definition) is 8. The zero-order valence-corrected chi connectivity index (χ0v) is 19.5. The Morgan fingerprint density at radius 3 is 2.46 bits per heavy atom. The number of carbonyl (C=O) groups excluding carboxylic acids is 1. The van der Waals surface area contributed by atoms with Crippen LogP contribution in [-0.4, -0.2) is 48.5 Å². The van der Waals surface area contributed by atoms with Crippen molar-refractivity contribution in [2.24, 2.45) is 4.99 Å². The van der Waals surface area contributed by atoms with Gasteiger partial charge in [0.15, 0.2) is 5.82 Å². The first-order valence-electron chi connectivity index (χ1n) is 10.6. The third kappa shape index (κ3) is 4.08. The summed E-state index contributed by atoms with van der Waals surface area (Å²) in [4.78, 5) is 22.9. The number of aromatic hydroxyl groups is 2. The molecule has 0 saturated carbocycles. The van der Waals surface area contributed by atoms with Crippen LogP contribution in [0.1, 0.15) is 35.2 Å². The van der Waals surface area contributed by atoms with Crippen LogP contribution in [0.3, 0.4) is 0 Å². The molecule has 35 heavy (non-hydrogen) atoms. The number of aryl methyl sites for hydroxylation is 1. The summed E-state index contributed by atoms with van der Waals surface area (Å²) in [6.07, 6.45) is -0.239. The predicted molar refractivity (Wildman–Crippen MR) is 126 cm³/mol. The zero-order chi connectivity index (χ0) is 24.7. The molecule has 4 aromatic rings. The fraction of sp³-hybridized carbons (Fsp3) is 0.167. The average Bonchev–Trinajstić information content (AvgIpc) is 3.34. The van der Waals surface area contributed by atoms with E-state index in [4.69, 9.17) is 26.2 Å². The molecule has 0 radical (unpaired) electrons. The van der Waals surface area contributed by atoms with E-state index in [2.05, 4.69) is 10.2 Å². The highest BCUT2D eigenvalue weighted by molar-refractivity contribution is 6.30. The first kappa shape index (κ1) is 22.5. The van der Waals surface area contributed by atoms with Crippen molar-refractivity contribution >= 4 is 23.3 Å². The second-order valence-corrected chi connectivity index (χ2v) is 8.27. The minimum atomic E-state index is -0.785. The molecule has 5 rings (SSSR count). The Bertz CT molecular complexity index is 1440. The molecule has 3 heterocycles. The van der Waals surface area contributed by atoms with Crippen LogP contribution < -0.4 is 9.57 Å². The third-order valence-corrected chi connectivity index (χ3v) is 5.85. The molecule has 2 aromatic carbocycles. The lowest BCUT2D eigenvalue weighted by atomic mass is 10.00. The summed E-state index contributed by atoms with van der Waals surface area (Å²) in [6, 6.07) is 14.4. The highest BCUT2D eigenvalue weighted by Crippen LogP contribution is 2.34. The van der Waals surface area contributed by atoms with Gasteiger partial charge >= 0.3 is 5.97 Å². The van der Waals surface area contributed by atoms with Crippen molar-refractivity contribution in [3.05, 3.63) is 82.4 Å². The van der Waals surface area contributed by atoms with Crippen LogP contribution in [-0.2, 0) is 4.79 Å². The van der Waals surface area contributed by atoms with Crippen LogP contribution in [0.25, 0.3) is 5.69 Å². The van der Waals surface area contributed by atoms with Crippen molar-refractivity contribution in [2.75, 3.05) is 7.11 Å². The number of aliphatic imine (C=N–C) groups is 1. The SMILES string of the molecule is COc1ccc2c(c1)C(c1ccc(Cl)cc1)=N[C@@H](CC(=O)On1c(O)ccc1O)c1nnc(C)n1-2. The largest absolute Gasteiger partial charge is 0.497 e. The highest BCUT2D eigenvalue weighted by Gasteiger charge is 2.31. The first-order valence-corrected chi connectivity index (χ1v) is 11.0. The Balaban J connectivity index is 1.64. The normalized spacial score (nSPS) is 14.5. The van der Waals surface area contributed by atoms with Crippen LogP contribution >= 0.6 is 11.6 Å². The molecule has 0 bridgehead atoms. The number of carbonyl (C=O) groups is 1. The number of hydrogen-bond donors (Lipinski definition) is 2. The lowest BCUT2D eigenvalue weighted by Gasteiger charge is -2.14. The minimum Gasteiger partial charge on any atom is -0.497 e. The van der Waals surface area contributed by atoms with E-state index in [-0.39, 0.29) is 6.42 Å². The van der Waals surface area contributed by atoms with E-state index in [0.29, 0.717) is 32.9 Å².